The number of fused-ring (bicyclic) bond motifs is 3. The summed E-state index contributed by atoms with van der Waals surface area (Å²) in [5.74, 6) is -4.58. The van der Waals surface area contributed by atoms with Gasteiger partial charge in [0, 0.05) is 22.2 Å². The van der Waals surface area contributed by atoms with Gasteiger partial charge in [-0.05, 0) is 37.6 Å². The third kappa shape index (κ3) is 4.09. The van der Waals surface area contributed by atoms with Crippen molar-refractivity contribution in [2.24, 2.45) is 0 Å². The van der Waals surface area contributed by atoms with Crippen molar-refractivity contribution in [3.8, 4) is 5.75 Å². The van der Waals surface area contributed by atoms with Gasteiger partial charge in [0.05, 0.1) is 11.4 Å². The van der Waals surface area contributed by atoms with Crippen LogP contribution in [-0.2, 0) is 9.59 Å². The molecule has 0 fully saturated rings. The van der Waals surface area contributed by atoms with E-state index in [9.17, 15) is 18.8 Å². The monoisotopic (exact) mass is 473 g/mol. The third-order valence-corrected chi connectivity index (χ3v) is 5.82. The van der Waals surface area contributed by atoms with Gasteiger partial charge >= 0.3 is 0 Å². The van der Waals surface area contributed by atoms with Gasteiger partial charge in [-0.2, -0.15) is 0 Å². The molecule has 0 aliphatic carbocycles. The molecule has 2 heterocycles. The second kappa shape index (κ2) is 8.81. The highest BCUT2D eigenvalue weighted by Gasteiger charge is 2.49. The molecule has 8 nitrogen and oxygen atoms in total. The fourth-order valence-corrected chi connectivity index (χ4v) is 3.79. The molecule has 0 saturated carbocycles. The van der Waals surface area contributed by atoms with E-state index in [0.717, 1.165) is 22.6 Å². The summed E-state index contributed by atoms with van der Waals surface area (Å²) in [5.41, 5.74) is -1.15. The van der Waals surface area contributed by atoms with Crippen LogP contribution in [0, 0.1) is 5.82 Å². The molecule has 0 radical (unpaired) electrons. The van der Waals surface area contributed by atoms with Crippen LogP contribution in [0.25, 0.3) is 11.0 Å². The van der Waals surface area contributed by atoms with E-state index in [-0.39, 0.29) is 21.6 Å². The number of carbonyl (C=O) groups excluding carboxylic acids is 3. The summed E-state index contributed by atoms with van der Waals surface area (Å²) in [5, 5.41) is 2.86. The van der Waals surface area contributed by atoms with E-state index in [2.05, 4.69) is 5.32 Å². The Morgan fingerprint density at radius 2 is 2.00 bits per heavy atom. The molecule has 3 amide bonds. The Morgan fingerprint density at radius 3 is 2.71 bits per heavy atom. The normalized spacial score (nSPS) is 22.0. The number of hydrogen-bond donors (Lipinski definition) is 1. The fraction of sp³-hybridized carbons (Fsp3) is 0.320. The number of ether oxygens (including phenoxy) is 1. The molecule has 0 saturated heterocycles. The number of nitrogens with one attached hydrogen (secondary N) is 1. The summed E-state index contributed by atoms with van der Waals surface area (Å²) >= 11 is 0. The predicted molar refractivity (Wildman–Crippen MR) is 123 cm³/mol. The van der Waals surface area contributed by atoms with E-state index < -0.39 is 68.0 Å². The molecule has 0 bridgehead atoms. The van der Waals surface area contributed by atoms with E-state index in [4.69, 9.17) is 17.4 Å². The lowest BCUT2D eigenvalue weighted by molar-refractivity contribution is -0.137. The zero-order valence-electron chi connectivity index (χ0n) is 24.4. The SMILES string of the molecule is [2H]C([2H])([2H])N(C(=O)CN1C(=O)c2oc3ccc(F)cc3c2OC[C@]1(C)C(=O)N[C@@H](C)c1ccccc1)C([2H])([2H])[2H]. The van der Waals surface area contributed by atoms with Crippen LogP contribution in [0.1, 0.15) is 44.2 Å². The molecule has 34 heavy (non-hydrogen) atoms. The summed E-state index contributed by atoms with van der Waals surface area (Å²) in [6.07, 6.45) is 0. The molecule has 1 N–H and O–H groups in total. The minimum absolute atomic E-state index is 0.0865. The Bertz CT molecular complexity index is 1440. The number of furan rings is 1. The maximum atomic E-state index is 14.0. The molecule has 1 aliphatic rings. The van der Waals surface area contributed by atoms with Crippen molar-refractivity contribution in [1.29, 1.82) is 0 Å². The molecular weight excluding hydrogens is 441 g/mol. The maximum absolute atomic E-state index is 14.0. The van der Waals surface area contributed by atoms with Gasteiger partial charge in [-0.25, -0.2) is 4.39 Å². The van der Waals surface area contributed by atoms with Crippen LogP contribution in [0.2, 0.25) is 0 Å². The van der Waals surface area contributed by atoms with Crippen LogP contribution in [0.4, 0.5) is 4.39 Å². The van der Waals surface area contributed by atoms with Gasteiger partial charge in [0.2, 0.25) is 17.6 Å². The summed E-state index contributed by atoms with van der Waals surface area (Å²) in [6, 6.07) is 11.7. The molecule has 3 aromatic rings. The summed E-state index contributed by atoms with van der Waals surface area (Å²) in [7, 11) is 0. The van der Waals surface area contributed by atoms with Crippen LogP contribution in [0.15, 0.2) is 52.9 Å². The maximum Gasteiger partial charge on any atom is 0.295 e. The summed E-state index contributed by atoms with van der Waals surface area (Å²) < 4.78 is 71.0. The number of likely N-dealkylation sites (N-methyl/N-ethyl adjacent to an activating group) is 1. The highest BCUT2D eigenvalue weighted by Crippen LogP contribution is 2.38. The van der Waals surface area contributed by atoms with Crippen LogP contribution in [-0.4, -0.2) is 60.2 Å². The van der Waals surface area contributed by atoms with Gasteiger partial charge in [0.1, 0.15) is 24.6 Å². The second-order valence-corrected chi connectivity index (χ2v) is 8.19. The quantitative estimate of drug-likeness (QED) is 0.615. The Morgan fingerprint density at radius 1 is 1.26 bits per heavy atom. The molecule has 2 atom stereocenters. The van der Waals surface area contributed by atoms with E-state index >= 15 is 0 Å². The van der Waals surface area contributed by atoms with Crippen molar-refractivity contribution in [2.45, 2.75) is 25.4 Å². The van der Waals surface area contributed by atoms with Crippen molar-refractivity contribution in [3.63, 3.8) is 0 Å². The first-order valence-electron chi connectivity index (χ1n) is 13.4. The standard InChI is InChI=1S/C25H26FN3O5/c1-15(16-8-6-5-7-9-16)27-24(32)25(2)14-33-21-18-12-17(26)10-11-19(18)34-22(21)23(31)29(25)13-20(30)28(3)4/h5-12,15H,13-14H2,1-4H3,(H,27,32)/t15-,25+/m0/s1/i3D3,4D3. The molecule has 4 rings (SSSR count). The van der Waals surface area contributed by atoms with Crippen LogP contribution < -0.4 is 10.1 Å². The lowest BCUT2D eigenvalue weighted by Gasteiger charge is -2.38. The Kier molecular flexibility index (Phi) is 4.33. The molecule has 1 aliphatic heterocycles. The lowest BCUT2D eigenvalue weighted by atomic mass is 9.97. The van der Waals surface area contributed by atoms with Gasteiger partial charge in [-0.15, -0.1) is 0 Å². The highest BCUT2D eigenvalue weighted by atomic mass is 19.1. The number of halogens is 1. The minimum atomic E-state index is -3.38. The molecule has 0 unspecified atom stereocenters. The summed E-state index contributed by atoms with van der Waals surface area (Å²) in [4.78, 5) is 41.2. The van der Waals surface area contributed by atoms with Crippen LogP contribution in [0.5, 0.6) is 5.75 Å². The van der Waals surface area contributed by atoms with Crippen LogP contribution in [0.3, 0.4) is 0 Å². The van der Waals surface area contributed by atoms with Gasteiger partial charge in [-0.1, -0.05) is 30.3 Å². The van der Waals surface area contributed by atoms with E-state index in [1.807, 2.05) is 0 Å². The van der Waals surface area contributed by atoms with Gasteiger partial charge in [0.25, 0.3) is 5.91 Å². The smallest absolute Gasteiger partial charge is 0.295 e. The minimum Gasteiger partial charge on any atom is -0.486 e. The molecular formula is C25H26FN3O5. The first-order valence-corrected chi connectivity index (χ1v) is 10.4. The molecule has 0 spiro atoms. The number of carbonyl (C=O) groups is 3. The second-order valence-electron chi connectivity index (χ2n) is 8.19. The third-order valence-electron chi connectivity index (χ3n) is 5.82. The number of benzene rings is 2. The largest absolute Gasteiger partial charge is 0.486 e. The zero-order chi connectivity index (χ0) is 29.6. The molecule has 2 aromatic carbocycles. The van der Waals surface area contributed by atoms with Crippen molar-refractivity contribution in [1.82, 2.24) is 15.1 Å². The Hall–Kier alpha value is -3.88. The first kappa shape index (κ1) is 16.7. The van der Waals surface area contributed by atoms with Crippen molar-refractivity contribution in [3.05, 3.63) is 65.7 Å². The van der Waals surface area contributed by atoms with Gasteiger partial charge in [0.15, 0.2) is 11.3 Å². The molecule has 178 valence electrons. The average molecular weight is 474 g/mol. The van der Waals surface area contributed by atoms with Crippen molar-refractivity contribution >= 4 is 28.7 Å². The average Bonchev–Trinajstić information content (AvgIpc) is 3.17. The highest BCUT2D eigenvalue weighted by molar-refractivity contribution is 6.06. The Balaban J connectivity index is 1.78. The lowest BCUT2D eigenvalue weighted by Crippen LogP contribution is -2.63. The van der Waals surface area contributed by atoms with E-state index in [0.29, 0.717) is 0 Å². The predicted octanol–water partition coefficient (Wildman–Crippen LogP) is 3.13. The zero-order valence-corrected chi connectivity index (χ0v) is 18.4. The number of rotatable bonds is 5. The van der Waals surface area contributed by atoms with E-state index in [1.165, 1.54) is 13.0 Å². The number of hydrogen-bond acceptors (Lipinski definition) is 5. The topological polar surface area (TPSA) is 92.1 Å². The van der Waals surface area contributed by atoms with Crippen molar-refractivity contribution in [2.75, 3.05) is 27.1 Å². The van der Waals surface area contributed by atoms with Gasteiger partial charge in [-0.3, -0.25) is 14.4 Å². The fourth-order valence-electron chi connectivity index (χ4n) is 3.79. The van der Waals surface area contributed by atoms with E-state index in [1.54, 1.807) is 37.3 Å². The number of amides is 3. The summed E-state index contributed by atoms with van der Waals surface area (Å²) in [6.45, 7) is -5.45. The first-order chi connectivity index (χ1) is 18.5. The van der Waals surface area contributed by atoms with Crippen LogP contribution >= 0.6 is 0 Å². The van der Waals surface area contributed by atoms with Crippen molar-refractivity contribution < 1.29 is 36.2 Å². The number of nitrogens with zero attached hydrogens (tertiary/aromatic N) is 2. The molecule has 1 aromatic heterocycles. The van der Waals surface area contributed by atoms with Gasteiger partial charge < -0.3 is 24.3 Å². The molecule has 9 heteroatoms. The Labute approximate surface area is 204 Å².